The number of hydrogen-bond acceptors (Lipinski definition) is 8. The minimum atomic E-state index is -2.14. The summed E-state index contributed by atoms with van der Waals surface area (Å²) in [5.74, 6) is 0.462. The van der Waals surface area contributed by atoms with E-state index in [4.69, 9.17) is 33.2 Å². The van der Waals surface area contributed by atoms with Crippen LogP contribution in [-0.2, 0) is 31.4 Å². The molecule has 2 heterocycles. The van der Waals surface area contributed by atoms with Crippen molar-refractivity contribution < 1.29 is 33.1 Å². The zero-order valence-corrected chi connectivity index (χ0v) is 29.9. The van der Waals surface area contributed by atoms with Crippen molar-refractivity contribution in [3.8, 4) is 22.9 Å². The van der Waals surface area contributed by atoms with E-state index in [1.807, 2.05) is 59.7 Å². The van der Waals surface area contributed by atoms with Crippen molar-refractivity contribution in [3.63, 3.8) is 0 Å². The molecule has 0 amide bonds. The maximum atomic E-state index is 12.1. The van der Waals surface area contributed by atoms with Crippen LogP contribution in [0, 0.1) is 0 Å². The number of rotatable bonds is 14. The molecule has 44 heavy (non-hydrogen) atoms. The Balaban J connectivity index is 2.19. The molecule has 9 nitrogen and oxygen atoms in total. The van der Waals surface area contributed by atoms with Crippen LogP contribution >= 0.6 is 0 Å². The molecular weight excluding hydrogens is 575 g/mol. The standard InChI is InChI=1S/C33H53BN2O7Si/c1-13-17-40-27-18-22(15-16-26(27)39-10)30-35-25(19-28(37)38)24(14-2)29(36-30)23(21-41-44(11,12)31(3,4)5)20-34-42-32(6,7)33(8,9)43-34/h15-16,18,23H,13-14,17,19-21H2,1-12H3,(H,37,38). The minimum absolute atomic E-state index is 0.0127. The van der Waals surface area contributed by atoms with Gasteiger partial charge in [0.05, 0.1) is 42.7 Å². The maximum absolute atomic E-state index is 12.1. The number of aromatic nitrogens is 2. The van der Waals surface area contributed by atoms with Crippen LogP contribution < -0.4 is 9.47 Å². The summed E-state index contributed by atoms with van der Waals surface area (Å²) in [4.78, 5) is 22.0. The molecule has 0 aliphatic carbocycles. The molecular formula is C33H53BN2O7Si. The van der Waals surface area contributed by atoms with E-state index in [2.05, 4.69) is 33.9 Å². The molecule has 3 rings (SSSR count). The molecule has 0 spiro atoms. The van der Waals surface area contributed by atoms with Crippen molar-refractivity contribution in [2.75, 3.05) is 20.3 Å². The molecule has 1 N–H and O–H groups in total. The van der Waals surface area contributed by atoms with Crippen LogP contribution in [0.4, 0.5) is 0 Å². The van der Waals surface area contributed by atoms with Crippen LogP contribution in [0.1, 0.15) is 91.6 Å². The highest BCUT2D eigenvalue weighted by Gasteiger charge is 2.52. The average Bonchev–Trinajstić information content (AvgIpc) is 3.13. The van der Waals surface area contributed by atoms with E-state index in [-0.39, 0.29) is 17.4 Å². The second-order valence-corrected chi connectivity index (χ2v) is 19.0. The summed E-state index contributed by atoms with van der Waals surface area (Å²) >= 11 is 0. The number of methoxy groups -OCH3 is 1. The van der Waals surface area contributed by atoms with Gasteiger partial charge < -0.3 is 28.3 Å². The first-order chi connectivity index (χ1) is 20.4. The molecule has 244 valence electrons. The Morgan fingerprint density at radius 2 is 1.70 bits per heavy atom. The third-order valence-electron chi connectivity index (χ3n) is 9.30. The van der Waals surface area contributed by atoms with Gasteiger partial charge in [0.1, 0.15) is 0 Å². The summed E-state index contributed by atoms with van der Waals surface area (Å²) in [7, 11) is -1.01. The number of carboxylic acid groups (broad SMARTS) is 1. The third kappa shape index (κ3) is 8.21. The van der Waals surface area contributed by atoms with Crippen molar-refractivity contribution in [1.29, 1.82) is 0 Å². The van der Waals surface area contributed by atoms with E-state index in [9.17, 15) is 9.90 Å². The summed E-state index contributed by atoms with van der Waals surface area (Å²) < 4.78 is 31.2. The lowest BCUT2D eigenvalue weighted by Crippen LogP contribution is -2.42. The zero-order valence-electron chi connectivity index (χ0n) is 28.9. The fourth-order valence-electron chi connectivity index (χ4n) is 4.91. The van der Waals surface area contributed by atoms with Crippen molar-refractivity contribution in [3.05, 3.63) is 35.2 Å². The van der Waals surface area contributed by atoms with Crippen molar-refractivity contribution in [2.45, 2.75) is 123 Å². The van der Waals surface area contributed by atoms with Crippen LogP contribution in [0.3, 0.4) is 0 Å². The molecule has 2 aromatic rings. The molecule has 0 saturated carbocycles. The fraction of sp³-hybridized carbons (Fsp3) is 0.667. The number of hydrogen-bond donors (Lipinski definition) is 1. The lowest BCUT2D eigenvalue weighted by atomic mass is 9.75. The van der Waals surface area contributed by atoms with Crippen LogP contribution in [0.25, 0.3) is 11.4 Å². The highest BCUT2D eigenvalue weighted by molar-refractivity contribution is 6.74. The number of nitrogens with zero attached hydrogens (tertiary/aromatic N) is 2. The fourth-order valence-corrected chi connectivity index (χ4v) is 5.96. The topological polar surface area (TPSA) is 109 Å². The summed E-state index contributed by atoms with van der Waals surface area (Å²) in [5.41, 5.74) is 1.84. The lowest BCUT2D eigenvalue weighted by Gasteiger charge is -2.37. The van der Waals surface area contributed by atoms with E-state index in [0.717, 1.165) is 17.7 Å². The Morgan fingerprint density at radius 3 is 2.23 bits per heavy atom. The largest absolute Gasteiger partial charge is 0.493 e. The van der Waals surface area contributed by atoms with Gasteiger partial charge in [0, 0.05) is 18.1 Å². The van der Waals surface area contributed by atoms with Gasteiger partial charge in [0.2, 0.25) is 0 Å². The van der Waals surface area contributed by atoms with Gasteiger partial charge in [-0.1, -0.05) is 34.6 Å². The average molecular weight is 629 g/mol. The second kappa shape index (κ2) is 13.9. The van der Waals surface area contributed by atoms with E-state index in [1.165, 1.54) is 0 Å². The predicted octanol–water partition coefficient (Wildman–Crippen LogP) is 7.33. The van der Waals surface area contributed by atoms with Crippen LogP contribution in [0.15, 0.2) is 18.2 Å². The van der Waals surface area contributed by atoms with E-state index in [0.29, 0.717) is 54.5 Å². The Hall–Kier alpha value is -2.47. The number of carboxylic acids is 1. The lowest BCUT2D eigenvalue weighted by molar-refractivity contribution is -0.136. The van der Waals surface area contributed by atoms with Gasteiger partial charge in [0.25, 0.3) is 0 Å². The Morgan fingerprint density at radius 1 is 1.07 bits per heavy atom. The molecule has 1 atom stereocenters. The number of ether oxygens (including phenoxy) is 2. The van der Waals surface area contributed by atoms with Gasteiger partial charge in [0.15, 0.2) is 25.6 Å². The van der Waals surface area contributed by atoms with E-state index >= 15 is 0 Å². The first-order valence-electron chi connectivity index (χ1n) is 15.8. The molecule has 0 radical (unpaired) electrons. The highest BCUT2D eigenvalue weighted by atomic mass is 28.4. The summed E-state index contributed by atoms with van der Waals surface area (Å²) in [5, 5.41) is 9.89. The molecule has 1 saturated heterocycles. The van der Waals surface area contributed by atoms with Gasteiger partial charge in [-0.3, -0.25) is 4.79 Å². The molecule has 1 aliphatic rings. The molecule has 1 fully saturated rings. The Labute approximate surface area is 265 Å². The summed E-state index contributed by atoms with van der Waals surface area (Å²) in [6.45, 7) is 24.3. The molecule has 1 aromatic carbocycles. The van der Waals surface area contributed by atoms with Crippen molar-refractivity contribution in [2.24, 2.45) is 0 Å². The van der Waals surface area contributed by atoms with Gasteiger partial charge in [-0.05, 0) is 88.8 Å². The Bertz CT molecular complexity index is 1290. The highest BCUT2D eigenvalue weighted by Crippen LogP contribution is 2.42. The van der Waals surface area contributed by atoms with Gasteiger partial charge in [-0.2, -0.15) is 0 Å². The number of aliphatic carboxylic acids is 1. The Kier molecular flexibility index (Phi) is 11.4. The third-order valence-corrected chi connectivity index (χ3v) is 13.8. The second-order valence-electron chi connectivity index (χ2n) is 14.2. The first kappa shape index (κ1) is 36.0. The van der Waals surface area contributed by atoms with Crippen LogP contribution in [-0.4, -0.2) is 68.0 Å². The summed E-state index contributed by atoms with van der Waals surface area (Å²) in [6, 6.07) is 5.57. The number of carbonyl (C=O) groups is 1. The van der Waals surface area contributed by atoms with E-state index in [1.54, 1.807) is 7.11 Å². The quantitative estimate of drug-likeness (QED) is 0.215. The van der Waals surface area contributed by atoms with Gasteiger partial charge >= 0.3 is 13.1 Å². The number of benzene rings is 1. The van der Waals surface area contributed by atoms with Crippen LogP contribution in [0.5, 0.6) is 11.5 Å². The smallest absolute Gasteiger partial charge is 0.458 e. The van der Waals surface area contributed by atoms with Crippen LogP contribution in [0.2, 0.25) is 24.5 Å². The predicted molar refractivity (Wildman–Crippen MR) is 177 cm³/mol. The van der Waals surface area contributed by atoms with Crippen molar-refractivity contribution in [1.82, 2.24) is 9.97 Å². The molecule has 1 aliphatic heterocycles. The van der Waals surface area contributed by atoms with Crippen molar-refractivity contribution >= 4 is 21.4 Å². The SMILES string of the molecule is CCCOc1cc(-c2nc(CC(=O)O)c(CC)c(C(CO[Si](C)(C)C(C)(C)C)CB3OC(C)(C)C(C)(C)O3)n2)ccc1OC. The van der Waals surface area contributed by atoms with E-state index < -0.39 is 32.6 Å². The van der Waals surface area contributed by atoms with Gasteiger partial charge in [-0.25, -0.2) is 9.97 Å². The molecule has 1 unspecified atom stereocenters. The molecule has 1 aromatic heterocycles. The molecule has 0 bridgehead atoms. The first-order valence-corrected chi connectivity index (χ1v) is 18.7. The molecule has 11 heteroatoms. The van der Waals surface area contributed by atoms with Gasteiger partial charge in [-0.15, -0.1) is 0 Å². The summed E-state index contributed by atoms with van der Waals surface area (Å²) in [6.07, 6.45) is 1.71. The normalized spacial score (nSPS) is 17.0. The maximum Gasteiger partial charge on any atom is 0.458 e. The monoisotopic (exact) mass is 628 g/mol. The zero-order chi connectivity index (χ0) is 33.1. The minimum Gasteiger partial charge on any atom is -0.493 e.